The van der Waals surface area contributed by atoms with E-state index in [2.05, 4.69) is 4.84 Å². The van der Waals surface area contributed by atoms with Crippen molar-refractivity contribution in [2.24, 2.45) is 5.84 Å². The van der Waals surface area contributed by atoms with Crippen LogP contribution in [-0.2, 0) is 9.63 Å². The quantitative estimate of drug-likeness (QED) is 0.366. The lowest BCUT2D eigenvalue weighted by Crippen LogP contribution is -2.34. The summed E-state index contributed by atoms with van der Waals surface area (Å²) in [6, 6.07) is 0. The minimum absolute atomic E-state index is 0.458. The fraction of sp³-hybridized carbons (Fsp3) is 0.800. The minimum Gasteiger partial charge on any atom is -0.479 e. The molecule has 60 valence electrons. The average Bonchev–Trinajstić information content (AvgIpc) is 1.87. The molecule has 0 aliphatic heterocycles. The summed E-state index contributed by atoms with van der Waals surface area (Å²) in [5.41, 5.74) is 1.85. The highest BCUT2D eigenvalue weighted by atomic mass is 16.7. The Kier molecular flexibility index (Phi) is 4.82. The number of aliphatic carboxylic acids is 1. The Morgan fingerprint density at radius 3 is 2.80 bits per heavy atom. The van der Waals surface area contributed by atoms with Gasteiger partial charge in [-0.1, -0.05) is 13.3 Å². The number of carboxylic acid groups (broad SMARTS) is 1. The van der Waals surface area contributed by atoms with Gasteiger partial charge in [0.15, 0.2) is 6.10 Å². The number of nitrogens with one attached hydrogen (secondary N) is 1. The van der Waals surface area contributed by atoms with Crippen molar-refractivity contribution >= 4 is 5.97 Å². The maximum Gasteiger partial charge on any atom is 0.335 e. The van der Waals surface area contributed by atoms with Crippen molar-refractivity contribution in [1.29, 1.82) is 0 Å². The van der Waals surface area contributed by atoms with Gasteiger partial charge in [-0.15, -0.1) is 5.59 Å². The first-order valence-electron chi connectivity index (χ1n) is 3.06. The molecule has 0 radical (unpaired) electrons. The van der Waals surface area contributed by atoms with E-state index in [1.165, 1.54) is 0 Å². The van der Waals surface area contributed by atoms with Crippen molar-refractivity contribution in [2.45, 2.75) is 25.9 Å². The van der Waals surface area contributed by atoms with E-state index in [0.29, 0.717) is 6.42 Å². The molecule has 0 fully saturated rings. The van der Waals surface area contributed by atoms with Crippen molar-refractivity contribution in [3.8, 4) is 0 Å². The molecule has 0 amide bonds. The molecule has 0 rings (SSSR count). The Balaban J connectivity index is 3.61. The first-order valence-corrected chi connectivity index (χ1v) is 3.06. The van der Waals surface area contributed by atoms with Gasteiger partial charge in [0.2, 0.25) is 0 Å². The zero-order chi connectivity index (χ0) is 7.98. The van der Waals surface area contributed by atoms with Crippen molar-refractivity contribution in [3.63, 3.8) is 0 Å². The normalized spacial score (nSPS) is 13.0. The molecule has 0 aliphatic rings. The third-order valence-electron chi connectivity index (χ3n) is 1.04. The van der Waals surface area contributed by atoms with Gasteiger partial charge in [-0.25, -0.2) is 10.6 Å². The number of carboxylic acids is 1. The lowest BCUT2D eigenvalue weighted by Gasteiger charge is -2.09. The van der Waals surface area contributed by atoms with E-state index in [1.54, 1.807) is 0 Å². The van der Waals surface area contributed by atoms with E-state index in [9.17, 15) is 4.79 Å². The summed E-state index contributed by atoms with van der Waals surface area (Å²) in [5, 5.41) is 8.41. The topological polar surface area (TPSA) is 84.6 Å². The first-order chi connectivity index (χ1) is 4.72. The molecule has 5 nitrogen and oxygen atoms in total. The molecule has 0 aromatic rings. The van der Waals surface area contributed by atoms with Gasteiger partial charge in [-0.3, -0.25) is 4.84 Å². The third kappa shape index (κ3) is 3.39. The van der Waals surface area contributed by atoms with Gasteiger partial charge in [-0.05, 0) is 6.42 Å². The number of hydrogen-bond acceptors (Lipinski definition) is 4. The molecule has 5 heteroatoms. The van der Waals surface area contributed by atoms with E-state index in [-0.39, 0.29) is 0 Å². The van der Waals surface area contributed by atoms with Gasteiger partial charge in [0.05, 0.1) is 0 Å². The van der Waals surface area contributed by atoms with E-state index in [1.807, 2.05) is 12.5 Å². The predicted octanol–water partition coefficient (Wildman–Crippen LogP) is -0.365. The van der Waals surface area contributed by atoms with Crippen LogP contribution in [0, 0.1) is 0 Å². The summed E-state index contributed by atoms with van der Waals surface area (Å²) >= 11 is 0. The van der Waals surface area contributed by atoms with Crippen molar-refractivity contribution in [1.82, 2.24) is 5.59 Å². The van der Waals surface area contributed by atoms with Gasteiger partial charge in [0, 0.05) is 0 Å². The van der Waals surface area contributed by atoms with Crippen LogP contribution in [0.25, 0.3) is 0 Å². The van der Waals surface area contributed by atoms with Crippen LogP contribution in [0.4, 0.5) is 0 Å². The number of hydrazine groups is 1. The van der Waals surface area contributed by atoms with Crippen LogP contribution in [0.5, 0.6) is 0 Å². The molecule has 0 aromatic heterocycles. The Morgan fingerprint density at radius 1 is 1.90 bits per heavy atom. The van der Waals surface area contributed by atoms with Gasteiger partial charge in [-0.2, -0.15) is 0 Å². The summed E-state index contributed by atoms with van der Waals surface area (Å²) in [5.74, 6) is 3.76. The van der Waals surface area contributed by atoms with Gasteiger partial charge in [0.25, 0.3) is 0 Å². The Morgan fingerprint density at radius 2 is 2.50 bits per heavy atom. The molecule has 0 aromatic carbocycles. The molecule has 0 spiro atoms. The van der Waals surface area contributed by atoms with Crippen LogP contribution >= 0.6 is 0 Å². The largest absolute Gasteiger partial charge is 0.479 e. The molecular weight excluding hydrogens is 136 g/mol. The summed E-state index contributed by atoms with van der Waals surface area (Å²) < 4.78 is 0. The summed E-state index contributed by atoms with van der Waals surface area (Å²) in [6.45, 7) is 1.87. The van der Waals surface area contributed by atoms with Crippen LogP contribution in [-0.4, -0.2) is 17.2 Å². The van der Waals surface area contributed by atoms with E-state index in [0.717, 1.165) is 6.42 Å². The van der Waals surface area contributed by atoms with Crippen LogP contribution in [0.3, 0.4) is 0 Å². The fourth-order valence-electron chi connectivity index (χ4n) is 0.577. The summed E-state index contributed by atoms with van der Waals surface area (Å²) in [6.07, 6.45) is 0.369. The van der Waals surface area contributed by atoms with Crippen LogP contribution in [0.15, 0.2) is 0 Å². The fourth-order valence-corrected chi connectivity index (χ4v) is 0.577. The van der Waals surface area contributed by atoms with Crippen molar-refractivity contribution < 1.29 is 14.7 Å². The Labute approximate surface area is 59.1 Å². The molecule has 0 heterocycles. The van der Waals surface area contributed by atoms with E-state index < -0.39 is 12.1 Å². The lowest BCUT2D eigenvalue weighted by atomic mass is 10.2. The smallest absolute Gasteiger partial charge is 0.335 e. The van der Waals surface area contributed by atoms with Gasteiger partial charge in [0.1, 0.15) is 0 Å². The maximum absolute atomic E-state index is 10.3. The second-order valence-electron chi connectivity index (χ2n) is 1.85. The highest BCUT2D eigenvalue weighted by Crippen LogP contribution is 1.99. The molecule has 0 saturated carbocycles. The zero-order valence-corrected chi connectivity index (χ0v) is 5.83. The highest BCUT2D eigenvalue weighted by molar-refractivity contribution is 5.72. The van der Waals surface area contributed by atoms with Gasteiger partial charge >= 0.3 is 5.97 Å². The number of rotatable bonds is 5. The Bertz CT molecular complexity index is 101. The number of carbonyl (C=O) groups is 1. The van der Waals surface area contributed by atoms with E-state index >= 15 is 0 Å². The second kappa shape index (κ2) is 5.16. The lowest BCUT2D eigenvalue weighted by molar-refractivity contribution is -0.156. The van der Waals surface area contributed by atoms with E-state index in [4.69, 9.17) is 10.9 Å². The third-order valence-corrected chi connectivity index (χ3v) is 1.04. The molecule has 1 unspecified atom stereocenters. The summed E-state index contributed by atoms with van der Waals surface area (Å²) in [7, 11) is 0. The average molecular weight is 148 g/mol. The SMILES string of the molecule is CCCC(ONN)C(=O)O. The Hall–Kier alpha value is -0.650. The molecule has 4 N–H and O–H groups in total. The maximum atomic E-state index is 10.3. The zero-order valence-electron chi connectivity index (χ0n) is 5.83. The van der Waals surface area contributed by atoms with Gasteiger partial charge < -0.3 is 5.11 Å². The number of nitrogens with two attached hydrogens (primary N) is 1. The van der Waals surface area contributed by atoms with Crippen LogP contribution in [0.1, 0.15) is 19.8 Å². The summed E-state index contributed by atoms with van der Waals surface area (Å²) in [4.78, 5) is 14.7. The van der Waals surface area contributed by atoms with Crippen LogP contribution in [0.2, 0.25) is 0 Å². The van der Waals surface area contributed by atoms with Crippen molar-refractivity contribution in [2.75, 3.05) is 0 Å². The second-order valence-corrected chi connectivity index (χ2v) is 1.85. The molecule has 0 saturated heterocycles. The molecule has 0 aliphatic carbocycles. The number of hydrogen-bond donors (Lipinski definition) is 3. The minimum atomic E-state index is -1.00. The van der Waals surface area contributed by atoms with Crippen molar-refractivity contribution in [3.05, 3.63) is 0 Å². The van der Waals surface area contributed by atoms with Crippen LogP contribution < -0.4 is 11.4 Å². The monoisotopic (exact) mass is 148 g/mol. The first kappa shape index (κ1) is 9.35. The standard InChI is InChI=1S/C5H12N2O3/c1-2-3-4(5(8)9)10-7-6/h4,7H,2-3,6H2,1H3,(H,8,9). The predicted molar refractivity (Wildman–Crippen MR) is 34.7 cm³/mol. The molecule has 0 bridgehead atoms. The molecule has 10 heavy (non-hydrogen) atoms. The highest BCUT2D eigenvalue weighted by Gasteiger charge is 2.15. The molecule has 1 atom stereocenters. The molecular formula is C5H12N2O3.